The molecule has 2 atom stereocenters. The van der Waals surface area contributed by atoms with Crippen molar-refractivity contribution in [2.45, 2.75) is 44.7 Å². The average Bonchev–Trinajstić information content (AvgIpc) is 2.66. The molecule has 2 heterocycles. The maximum absolute atomic E-state index is 5.56. The van der Waals surface area contributed by atoms with Crippen molar-refractivity contribution in [1.29, 1.82) is 0 Å². The van der Waals surface area contributed by atoms with Crippen LogP contribution in [0.25, 0.3) is 0 Å². The molecule has 0 bridgehead atoms. The van der Waals surface area contributed by atoms with E-state index in [-0.39, 0.29) is 0 Å². The minimum absolute atomic E-state index is 0.407. The molecule has 0 radical (unpaired) electrons. The predicted molar refractivity (Wildman–Crippen MR) is 98.1 cm³/mol. The molecule has 4 rings (SSSR count). The van der Waals surface area contributed by atoms with Crippen LogP contribution in [0.2, 0.25) is 0 Å². The second-order valence-electron chi connectivity index (χ2n) is 7.15. The predicted octanol–water partition coefficient (Wildman–Crippen LogP) is 4.02. The van der Waals surface area contributed by atoms with Crippen LogP contribution in [0.4, 0.5) is 0 Å². The van der Waals surface area contributed by atoms with E-state index in [1.165, 1.54) is 16.7 Å². The first-order chi connectivity index (χ1) is 12.2. The molecule has 0 fully saturated rings. The van der Waals surface area contributed by atoms with Gasteiger partial charge in [-0.1, -0.05) is 0 Å². The minimum Gasteiger partial charge on any atom is -0.501 e. The molecule has 134 valence electrons. The average molecular weight is 341 g/mol. The van der Waals surface area contributed by atoms with Gasteiger partial charge < -0.3 is 14.2 Å². The van der Waals surface area contributed by atoms with Gasteiger partial charge in [0.05, 0.1) is 27.1 Å². The van der Waals surface area contributed by atoms with Gasteiger partial charge in [-0.2, -0.15) is 0 Å². The van der Waals surface area contributed by atoms with Gasteiger partial charge >= 0.3 is 0 Å². The molecule has 2 unspecified atom stereocenters. The number of allylic oxidation sites excluding steroid dienone is 2. The Kier molecular flexibility index (Phi) is 4.24. The Hall–Kier alpha value is -1.94. The van der Waals surface area contributed by atoms with E-state index in [0.29, 0.717) is 12.1 Å². The highest BCUT2D eigenvalue weighted by Gasteiger charge is 2.38. The zero-order valence-corrected chi connectivity index (χ0v) is 15.6. The summed E-state index contributed by atoms with van der Waals surface area (Å²) < 4.78 is 16.6. The van der Waals surface area contributed by atoms with Crippen LogP contribution < -0.4 is 9.47 Å². The van der Waals surface area contributed by atoms with Crippen LogP contribution in [0.3, 0.4) is 0 Å². The Balaban J connectivity index is 1.76. The van der Waals surface area contributed by atoms with Gasteiger partial charge in [-0.25, -0.2) is 0 Å². The van der Waals surface area contributed by atoms with Crippen LogP contribution in [0, 0.1) is 0 Å². The van der Waals surface area contributed by atoms with E-state index in [1.54, 1.807) is 26.9 Å². The first-order valence-corrected chi connectivity index (χ1v) is 9.13. The van der Waals surface area contributed by atoms with Gasteiger partial charge in [0.1, 0.15) is 0 Å². The van der Waals surface area contributed by atoms with Gasteiger partial charge in [0.15, 0.2) is 11.5 Å². The van der Waals surface area contributed by atoms with Crippen molar-refractivity contribution >= 4 is 0 Å². The standard InChI is InChI=1S/C21H27NO3/c1-13-17-6-5-16(23-2)9-15(17)10-19-18-12-21(25-4)20(24-3)11-14(18)7-8-22(13)19/h9,11-13,19H,5-8,10H2,1-4H3. The highest BCUT2D eigenvalue weighted by Crippen LogP contribution is 2.47. The summed E-state index contributed by atoms with van der Waals surface area (Å²) in [6, 6.07) is 5.25. The van der Waals surface area contributed by atoms with Crippen molar-refractivity contribution in [2.24, 2.45) is 0 Å². The van der Waals surface area contributed by atoms with E-state index >= 15 is 0 Å². The van der Waals surface area contributed by atoms with E-state index in [9.17, 15) is 0 Å². The van der Waals surface area contributed by atoms with E-state index < -0.39 is 0 Å². The van der Waals surface area contributed by atoms with Crippen LogP contribution in [-0.4, -0.2) is 38.8 Å². The van der Waals surface area contributed by atoms with Crippen LogP contribution >= 0.6 is 0 Å². The topological polar surface area (TPSA) is 30.9 Å². The van der Waals surface area contributed by atoms with Crippen molar-refractivity contribution in [3.05, 3.63) is 46.2 Å². The summed E-state index contributed by atoms with van der Waals surface area (Å²) in [5, 5.41) is 0. The molecule has 0 saturated heterocycles. The highest BCUT2D eigenvalue weighted by atomic mass is 16.5. The maximum Gasteiger partial charge on any atom is 0.161 e. The smallest absolute Gasteiger partial charge is 0.161 e. The summed E-state index contributed by atoms with van der Waals surface area (Å²) in [4.78, 5) is 2.67. The first kappa shape index (κ1) is 16.5. The van der Waals surface area contributed by atoms with Crippen molar-refractivity contribution < 1.29 is 14.2 Å². The number of nitrogens with zero attached hydrogens (tertiary/aromatic N) is 1. The monoisotopic (exact) mass is 341 g/mol. The molecule has 0 amide bonds. The fourth-order valence-corrected chi connectivity index (χ4v) is 4.75. The molecular formula is C21H27NO3. The lowest BCUT2D eigenvalue weighted by Crippen LogP contribution is -2.45. The van der Waals surface area contributed by atoms with Gasteiger partial charge in [0.25, 0.3) is 0 Å². The zero-order valence-electron chi connectivity index (χ0n) is 15.6. The molecule has 4 heteroatoms. The van der Waals surface area contributed by atoms with Gasteiger partial charge in [-0.15, -0.1) is 0 Å². The minimum atomic E-state index is 0.407. The summed E-state index contributed by atoms with van der Waals surface area (Å²) in [7, 11) is 5.20. The number of hydrogen-bond donors (Lipinski definition) is 0. The van der Waals surface area contributed by atoms with Crippen molar-refractivity contribution in [3.63, 3.8) is 0 Å². The van der Waals surface area contributed by atoms with Crippen LogP contribution in [-0.2, 0) is 11.2 Å². The molecule has 0 aromatic heterocycles. The molecule has 1 aromatic rings. The summed E-state index contributed by atoms with van der Waals surface area (Å²) >= 11 is 0. The first-order valence-electron chi connectivity index (χ1n) is 9.13. The Morgan fingerprint density at radius 3 is 2.44 bits per heavy atom. The fraction of sp³-hybridized carbons (Fsp3) is 0.524. The molecular weight excluding hydrogens is 314 g/mol. The number of hydrogen-bond acceptors (Lipinski definition) is 4. The zero-order chi connectivity index (χ0) is 17.6. The molecule has 0 saturated carbocycles. The van der Waals surface area contributed by atoms with Gasteiger partial charge in [-0.05, 0) is 66.7 Å². The molecule has 3 aliphatic rings. The largest absolute Gasteiger partial charge is 0.501 e. The Labute approximate surface area is 150 Å². The Morgan fingerprint density at radius 1 is 0.960 bits per heavy atom. The van der Waals surface area contributed by atoms with Gasteiger partial charge in [0.2, 0.25) is 0 Å². The quantitative estimate of drug-likeness (QED) is 0.831. The SMILES string of the molecule is COC1=CC2=C(CC1)C(C)N1CCc3cc(OC)c(OC)cc3C1C2. The Bertz CT molecular complexity index is 750. The second-order valence-corrected chi connectivity index (χ2v) is 7.15. The van der Waals surface area contributed by atoms with Crippen LogP contribution in [0.1, 0.15) is 43.4 Å². The molecule has 2 aliphatic heterocycles. The summed E-state index contributed by atoms with van der Waals surface area (Å²) in [6.07, 6.45) is 6.55. The normalized spacial score (nSPS) is 25.5. The molecule has 1 aromatic carbocycles. The highest BCUT2D eigenvalue weighted by molar-refractivity contribution is 5.51. The van der Waals surface area contributed by atoms with Crippen LogP contribution in [0.5, 0.6) is 11.5 Å². The molecule has 0 spiro atoms. The summed E-state index contributed by atoms with van der Waals surface area (Å²) in [6.45, 7) is 3.46. The van der Waals surface area contributed by atoms with Gasteiger partial charge in [-0.3, -0.25) is 4.90 Å². The molecule has 4 nitrogen and oxygen atoms in total. The van der Waals surface area contributed by atoms with Gasteiger partial charge in [0, 0.05) is 25.0 Å². The van der Waals surface area contributed by atoms with E-state index in [0.717, 1.165) is 49.5 Å². The molecule has 25 heavy (non-hydrogen) atoms. The number of fused-ring (bicyclic) bond motifs is 3. The lowest BCUT2D eigenvalue weighted by atomic mass is 9.78. The molecule has 1 aliphatic carbocycles. The van der Waals surface area contributed by atoms with Crippen molar-refractivity contribution in [3.8, 4) is 11.5 Å². The Morgan fingerprint density at radius 2 is 1.72 bits per heavy atom. The van der Waals surface area contributed by atoms with E-state index in [2.05, 4.69) is 30.0 Å². The molecule has 0 N–H and O–H groups in total. The van der Waals surface area contributed by atoms with Crippen molar-refractivity contribution in [1.82, 2.24) is 4.90 Å². The lowest BCUT2D eigenvalue weighted by molar-refractivity contribution is 0.132. The number of benzene rings is 1. The third-order valence-corrected chi connectivity index (χ3v) is 6.11. The number of ether oxygens (including phenoxy) is 3. The fourth-order valence-electron chi connectivity index (χ4n) is 4.75. The van der Waals surface area contributed by atoms with Crippen LogP contribution in [0.15, 0.2) is 35.1 Å². The second kappa shape index (κ2) is 6.41. The number of methoxy groups -OCH3 is 3. The lowest BCUT2D eigenvalue weighted by Gasteiger charge is -2.47. The summed E-state index contributed by atoms with van der Waals surface area (Å²) in [5.41, 5.74) is 5.85. The van der Waals surface area contributed by atoms with Crippen molar-refractivity contribution in [2.75, 3.05) is 27.9 Å². The van der Waals surface area contributed by atoms with E-state index in [4.69, 9.17) is 14.2 Å². The number of rotatable bonds is 3. The summed E-state index contributed by atoms with van der Waals surface area (Å²) in [5.74, 6) is 2.77. The third kappa shape index (κ3) is 2.63. The maximum atomic E-state index is 5.56. The van der Waals surface area contributed by atoms with E-state index in [1.807, 2.05) is 0 Å². The third-order valence-electron chi connectivity index (χ3n) is 6.11.